The minimum Gasteiger partial charge on any atom is -0.465 e. The van der Waals surface area contributed by atoms with E-state index >= 15 is 0 Å². The fourth-order valence-corrected chi connectivity index (χ4v) is 2.80. The molecule has 0 aliphatic heterocycles. The number of H-pyrrole nitrogens is 1. The molecule has 0 bridgehead atoms. The molecule has 8 nitrogen and oxygen atoms in total. The molecule has 2 aromatic heterocycles. The molecule has 0 aliphatic carbocycles. The van der Waals surface area contributed by atoms with Crippen molar-refractivity contribution >= 4 is 17.8 Å². The van der Waals surface area contributed by atoms with Gasteiger partial charge in [-0.1, -0.05) is 6.92 Å². The maximum absolute atomic E-state index is 12.5. The van der Waals surface area contributed by atoms with Crippen molar-refractivity contribution in [3.8, 4) is 0 Å². The van der Waals surface area contributed by atoms with E-state index in [0.717, 1.165) is 11.6 Å². The van der Waals surface area contributed by atoms with Gasteiger partial charge in [0.1, 0.15) is 5.69 Å². The van der Waals surface area contributed by atoms with Gasteiger partial charge in [-0.25, -0.2) is 9.78 Å². The van der Waals surface area contributed by atoms with Crippen LogP contribution in [0.2, 0.25) is 0 Å². The number of carbonyl (C=O) groups is 2. The maximum Gasteiger partial charge on any atom is 0.339 e. The lowest BCUT2D eigenvalue weighted by atomic mass is 10.1. The van der Waals surface area contributed by atoms with Crippen molar-refractivity contribution in [1.82, 2.24) is 19.9 Å². The molecule has 0 saturated heterocycles. The Kier molecular flexibility index (Phi) is 5.51. The van der Waals surface area contributed by atoms with Crippen LogP contribution in [0, 0.1) is 6.92 Å². The van der Waals surface area contributed by atoms with Crippen LogP contribution < -0.4 is 10.2 Å². The Morgan fingerprint density at radius 1 is 1.40 bits per heavy atom. The molecular weight excluding hydrogens is 322 g/mol. The first kappa shape index (κ1) is 18.6. The molecule has 2 heterocycles. The molecule has 0 aliphatic rings. The van der Waals surface area contributed by atoms with Gasteiger partial charge in [0, 0.05) is 26.8 Å². The van der Waals surface area contributed by atoms with Crippen LogP contribution in [-0.2, 0) is 24.8 Å². The number of aromatic nitrogens is 3. The molecule has 1 amide bonds. The summed E-state index contributed by atoms with van der Waals surface area (Å²) in [4.78, 5) is 33.8. The number of imidazole rings is 1. The Balaban J connectivity index is 2.19. The molecule has 0 radical (unpaired) electrons. The molecule has 8 heteroatoms. The molecule has 0 aromatic carbocycles. The largest absolute Gasteiger partial charge is 0.465 e. The molecule has 0 spiro atoms. The molecule has 136 valence electrons. The second kappa shape index (κ2) is 7.42. The van der Waals surface area contributed by atoms with E-state index in [1.807, 2.05) is 37.5 Å². The zero-order chi connectivity index (χ0) is 18.7. The quantitative estimate of drug-likeness (QED) is 0.771. The van der Waals surface area contributed by atoms with E-state index < -0.39 is 5.97 Å². The first-order chi connectivity index (χ1) is 11.8. The van der Waals surface area contributed by atoms with Gasteiger partial charge < -0.3 is 24.5 Å². The number of aryl methyl sites for hydroxylation is 1. The van der Waals surface area contributed by atoms with Gasteiger partial charge in [-0.2, -0.15) is 0 Å². The second-order valence-corrected chi connectivity index (χ2v) is 6.01. The number of rotatable bonds is 6. The van der Waals surface area contributed by atoms with Crippen LogP contribution in [0.1, 0.15) is 44.7 Å². The van der Waals surface area contributed by atoms with Crippen LogP contribution >= 0.6 is 0 Å². The van der Waals surface area contributed by atoms with Crippen LogP contribution in [0.4, 0.5) is 5.95 Å². The van der Waals surface area contributed by atoms with Gasteiger partial charge in [-0.3, -0.25) is 4.79 Å². The Morgan fingerprint density at radius 3 is 2.60 bits per heavy atom. The van der Waals surface area contributed by atoms with E-state index in [-0.39, 0.29) is 5.91 Å². The lowest BCUT2D eigenvalue weighted by molar-refractivity contribution is 0.0599. The van der Waals surface area contributed by atoms with E-state index in [4.69, 9.17) is 4.74 Å². The SMILES string of the molecule is CCc1[nH]c(C(=O)NCc2cnc(N(C)C)n2C)c(C)c1C(=O)OC. The third-order valence-electron chi connectivity index (χ3n) is 4.19. The van der Waals surface area contributed by atoms with Gasteiger partial charge in [0.15, 0.2) is 0 Å². The lowest BCUT2D eigenvalue weighted by Gasteiger charge is -2.12. The number of esters is 1. The zero-order valence-corrected chi connectivity index (χ0v) is 15.6. The predicted molar refractivity (Wildman–Crippen MR) is 95.0 cm³/mol. The van der Waals surface area contributed by atoms with E-state index in [1.54, 1.807) is 13.1 Å². The normalized spacial score (nSPS) is 10.6. The van der Waals surface area contributed by atoms with Gasteiger partial charge in [0.05, 0.1) is 31.1 Å². The van der Waals surface area contributed by atoms with Gasteiger partial charge in [-0.05, 0) is 18.9 Å². The van der Waals surface area contributed by atoms with Gasteiger partial charge >= 0.3 is 5.97 Å². The number of hydrogen-bond acceptors (Lipinski definition) is 5. The summed E-state index contributed by atoms with van der Waals surface area (Å²) in [6.45, 7) is 3.99. The third kappa shape index (κ3) is 3.52. The summed E-state index contributed by atoms with van der Waals surface area (Å²) in [5.41, 5.74) is 2.99. The molecule has 25 heavy (non-hydrogen) atoms. The first-order valence-corrected chi connectivity index (χ1v) is 8.07. The molecular formula is C17H25N5O3. The van der Waals surface area contributed by atoms with Crippen LogP contribution in [-0.4, -0.2) is 47.6 Å². The van der Waals surface area contributed by atoms with Crippen molar-refractivity contribution in [2.75, 3.05) is 26.1 Å². The Morgan fingerprint density at radius 2 is 2.08 bits per heavy atom. The van der Waals surface area contributed by atoms with E-state index in [2.05, 4.69) is 15.3 Å². The topological polar surface area (TPSA) is 92.3 Å². The average Bonchev–Trinajstić information content (AvgIpc) is 3.12. The molecule has 2 aromatic rings. The summed E-state index contributed by atoms with van der Waals surface area (Å²) in [5.74, 6) is 0.100. The number of nitrogens with zero attached hydrogens (tertiary/aromatic N) is 3. The van der Waals surface area contributed by atoms with Gasteiger partial charge in [0.2, 0.25) is 5.95 Å². The highest BCUT2D eigenvalue weighted by molar-refractivity contribution is 6.00. The summed E-state index contributed by atoms with van der Waals surface area (Å²) >= 11 is 0. The number of aromatic amines is 1. The van der Waals surface area contributed by atoms with Crippen molar-refractivity contribution in [2.24, 2.45) is 7.05 Å². The zero-order valence-electron chi connectivity index (χ0n) is 15.6. The number of hydrogen-bond donors (Lipinski definition) is 2. The number of methoxy groups -OCH3 is 1. The molecule has 0 saturated carbocycles. The highest BCUT2D eigenvalue weighted by atomic mass is 16.5. The Labute approximate surface area is 147 Å². The predicted octanol–water partition coefficient (Wildman–Crippen LogP) is 1.40. The fourth-order valence-electron chi connectivity index (χ4n) is 2.80. The number of amides is 1. The fraction of sp³-hybridized carbons (Fsp3) is 0.471. The number of anilines is 1. The summed E-state index contributed by atoms with van der Waals surface area (Å²) in [6.07, 6.45) is 2.33. The molecule has 0 atom stereocenters. The van der Waals surface area contributed by atoms with Crippen LogP contribution in [0.3, 0.4) is 0 Å². The first-order valence-electron chi connectivity index (χ1n) is 8.07. The summed E-state index contributed by atoms with van der Waals surface area (Å²) in [6, 6.07) is 0. The monoisotopic (exact) mass is 347 g/mol. The number of nitrogens with one attached hydrogen (secondary N) is 2. The summed E-state index contributed by atoms with van der Waals surface area (Å²) in [7, 11) is 7.05. The smallest absolute Gasteiger partial charge is 0.339 e. The molecule has 2 rings (SSSR count). The van der Waals surface area contributed by atoms with Gasteiger partial charge in [0.25, 0.3) is 5.91 Å². The molecule has 0 unspecified atom stereocenters. The van der Waals surface area contributed by atoms with E-state index in [1.165, 1.54) is 7.11 Å². The second-order valence-electron chi connectivity index (χ2n) is 6.01. The van der Waals surface area contributed by atoms with Crippen molar-refractivity contribution in [3.05, 3.63) is 34.4 Å². The van der Waals surface area contributed by atoms with Gasteiger partial charge in [-0.15, -0.1) is 0 Å². The Hall–Kier alpha value is -2.77. The van der Waals surface area contributed by atoms with Crippen molar-refractivity contribution in [3.63, 3.8) is 0 Å². The van der Waals surface area contributed by atoms with Crippen molar-refractivity contribution in [2.45, 2.75) is 26.8 Å². The highest BCUT2D eigenvalue weighted by Gasteiger charge is 2.23. The Bertz CT molecular complexity index is 789. The van der Waals surface area contributed by atoms with E-state index in [9.17, 15) is 9.59 Å². The maximum atomic E-state index is 12.5. The van der Waals surface area contributed by atoms with Crippen LogP contribution in [0.5, 0.6) is 0 Å². The standard InChI is InChI=1S/C17H25N5O3/c1-7-12-13(16(24)25-6)10(2)14(20-12)15(23)18-8-11-9-19-17(21(3)4)22(11)5/h9,20H,7-8H2,1-6H3,(H,18,23). The van der Waals surface area contributed by atoms with E-state index in [0.29, 0.717) is 35.5 Å². The van der Waals surface area contributed by atoms with Crippen molar-refractivity contribution in [1.29, 1.82) is 0 Å². The number of carbonyl (C=O) groups excluding carboxylic acids is 2. The highest BCUT2D eigenvalue weighted by Crippen LogP contribution is 2.20. The van der Waals surface area contributed by atoms with Crippen LogP contribution in [0.15, 0.2) is 6.20 Å². The summed E-state index contributed by atoms with van der Waals surface area (Å²) in [5, 5.41) is 2.87. The molecule has 2 N–H and O–H groups in total. The van der Waals surface area contributed by atoms with Crippen molar-refractivity contribution < 1.29 is 14.3 Å². The summed E-state index contributed by atoms with van der Waals surface area (Å²) < 4.78 is 6.73. The number of ether oxygens (including phenoxy) is 1. The lowest BCUT2D eigenvalue weighted by Crippen LogP contribution is -2.25. The average molecular weight is 347 g/mol. The minimum atomic E-state index is -0.438. The molecule has 0 fully saturated rings. The third-order valence-corrected chi connectivity index (χ3v) is 4.19. The van der Waals surface area contributed by atoms with Crippen LogP contribution in [0.25, 0.3) is 0 Å². The minimum absolute atomic E-state index is 0.269.